The van der Waals surface area contributed by atoms with Crippen molar-refractivity contribution in [1.29, 1.82) is 0 Å². The van der Waals surface area contributed by atoms with Crippen LogP contribution in [0.1, 0.15) is 21.7 Å². The Morgan fingerprint density at radius 3 is 2.70 bits per heavy atom. The van der Waals surface area contributed by atoms with Gasteiger partial charge in [0, 0.05) is 34.8 Å². The summed E-state index contributed by atoms with van der Waals surface area (Å²) in [6, 6.07) is 14.3. The molecule has 0 aliphatic rings. The van der Waals surface area contributed by atoms with Crippen molar-refractivity contribution in [3.63, 3.8) is 0 Å². The van der Waals surface area contributed by atoms with Gasteiger partial charge in [0.05, 0.1) is 36.6 Å². The predicted molar refractivity (Wildman–Crippen MR) is 153 cm³/mol. The number of hydrogen-bond donors (Lipinski definition) is 1. The molecule has 2 aromatic carbocycles. The number of nitrogens with zero attached hydrogens (tertiary/aromatic N) is 3. The standard InChI is InChI=1S/C29H28N4O5S2/c1-36-24-5-2-20(3-6-24)8-10-33(15-25-14-30-18-40-25)28(34)26(13-23-17-39-19-31-23)32-29(35)38-16-21-4-7-27-22(12-21)9-11-37-27/h2-7,9,11-12,14,17-19,26H,8,10,13,15-16H2,1H3,(H,32,35)/t26-/m0/s1. The molecule has 1 N–H and O–H groups in total. The quantitative estimate of drug-likeness (QED) is 0.210. The van der Waals surface area contributed by atoms with Crippen LogP contribution in [0.3, 0.4) is 0 Å². The van der Waals surface area contributed by atoms with E-state index in [1.807, 2.05) is 53.9 Å². The lowest BCUT2D eigenvalue weighted by atomic mass is 10.1. The van der Waals surface area contributed by atoms with E-state index in [1.165, 1.54) is 22.7 Å². The highest BCUT2D eigenvalue weighted by Gasteiger charge is 2.28. The topological polar surface area (TPSA) is 107 Å². The van der Waals surface area contributed by atoms with Crippen molar-refractivity contribution in [2.75, 3.05) is 13.7 Å². The maximum Gasteiger partial charge on any atom is 0.408 e. The van der Waals surface area contributed by atoms with E-state index in [2.05, 4.69) is 15.3 Å². The minimum absolute atomic E-state index is 0.0621. The number of nitrogens with one attached hydrogen (secondary N) is 1. The number of thiazole rings is 2. The maximum absolute atomic E-state index is 13.9. The van der Waals surface area contributed by atoms with Gasteiger partial charge in [-0.3, -0.25) is 9.78 Å². The van der Waals surface area contributed by atoms with Crippen LogP contribution in [0.2, 0.25) is 0 Å². The molecule has 206 valence electrons. The van der Waals surface area contributed by atoms with Gasteiger partial charge in [0.2, 0.25) is 5.91 Å². The monoisotopic (exact) mass is 576 g/mol. The van der Waals surface area contributed by atoms with Crippen molar-refractivity contribution in [3.8, 4) is 5.75 Å². The minimum Gasteiger partial charge on any atom is -0.497 e. The SMILES string of the molecule is COc1ccc(CCN(Cc2cncs2)C(=O)[C@H](Cc2cscn2)NC(=O)OCc2ccc3occc3c2)cc1. The van der Waals surface area contributed by atoms with Crippen molar-refractivity contribution < 1.29 is 23.5 Å². The Hall–Kier alpha value is -4.22. The molecule has 0 spiro atoms. The molecule has 5 aromatic rings. The van der Waals surface area contributed by atoms with Crippen LogP contribution in [-0.4, -0.2) is 46.6 Å². The normalized spacial score (nSPS) is 11.7. The summed E-state index contributed by atoms with van der Waals surface area (Å²) in [6.45, 7) is 0.902. The van der Waals surface area contributed by atoms with Crippen LogP contribution in [0.4, 0.5) is 4.79 Å². The second-order valence-corrected chi connectivity index (χ2v) is 10.8. The number of alkyl carbamates (subject to hydrolysis) is 1. The summed E-state index contributed by atoms with van der Waals surface area (Å²) in [5.41, 5.74) is 6.82. The zero-order valence-corrected chi connectivity index (χ0v) is 23.5. The summed E-state index contributed by atoms with van der Waals surface area (Å²) in [4.78, 5) is 38.0. The number of ether oxygens (including phenoxy) is 2. The minimum atomic E-state index is -0.852. The van der Waals surface area contributed by atoms with Crippen LogP contribution < -0.4 is 10.1 Å². The summed E-state index contributed by atoms with van der Waals surface area (Å²) < 4.78 is 16.1. The number of fused-ring (bicyclic) bond motifs is 1. The van der Waals surface area contributed by atoms with Gasteiger partial charge in [0.25, 0.3) is 0 Å². The van der Waals surface area contributed by atoms with Crippen molar-refractivity contribution in [1.82, 2.24) is 20.2 Å². The Balaban J connectivity index is 1.29. The van der Waals surface area contributed by atoms with E-state index in [4.69, 9.17) is 13.9 Å². The number of amides is 2. The lowest BCUT2D eigenvalue weighted by Gasteiger charge is -2.27. The van der Waals surface area contributed by atoms with Gasteiger partial charge in [-0.2, -0.15) is 0 Å². The zero-order valence-electron chi connectivity index (χ0n) is 21.8. The first-order valence-corrected chi connectivity index (χ1v) is 14.4. The highest BCUT2D eigenvalue weighted by Crippen LogP contribution is 2.19. The Morgan fingerprint density at radius 1 is 1.10 bits per heavy atom. The van der Waals surface area contributed by atoms with Crippen LogP contribution in [-0.2, 0) is 35.5 Å². The fraction of sp³-hybridized carbons (Fsp3) is 0.241. The first-order chi connectivity index (χ1) is 19.6. The van der Waals surface area contributed by atoms with E-state index in [-0.39, 0.29) is 18.9 Å². The predicted octanol–water partition coefficient (Wildman–Crippen LogP) is 5.46. The Bertz CT molecular complexity index is 1520. The molecule has 1 atom stereocenters. The lowest BCUT2D eigenvalue weighted by molar-refractivity contribution is -0.134. The van der Waals surface area contributed by atoms with E-state index >= 15 is 0 Å². The Morgan fingerprint density at radius 2 is 1.95 bits per heavy atom. The summed E-state index contributed by atoms with van der Waals surface area (Å²) in [5.74, 6) is 0.559. The molecule has 3 heterocycles. The van der Waals surface area contributed by atoms with Crippen molar-refractivity contribution in [2.24, 2.45) is 0 Å². The molecule has 0 aliphatic carbocycles. The first kappa shape index (κ1) is 27.4. The van der Waals surface area contributed by atoms with Crippen LogP contribution >= 0.6 is 22.7 Å². The molecule has 0 unspecified atom stereocenters. The molecule has 0 aliphatic heterocycles. The van der Waals surface area contributed by atoms with E-state index in [0.29, 0.717) is 19.5 Å². The van der Waals surface area contributed by atoms with Gasteiger partial charge in [-0.25, -0.2) is 9.78 Å². The molecule has 5 rings (SSSR count). The molecular weight excluding hydrogens is 548 g/mol. The van der Waals surface area contributed by atoms with E-state index in [9.17, 15) is 9.59 Å². The smallest absolute Gasteiger partial charge is 0.408 e. The third-order valence-corrected chi connectivity index (χ3v) is 7.74. The lowest BCUT2D eigenvalue weighted by Crippen LogP contribution is -2.50. The number of benzene rings is 2. The van der Waals surface area contributed by atoms with Crippen LogP contribution in [0.25, 0.3) is 11.0 Å². The molecule has 11 heteroatoms. The summed E-state index contributed by atoms with van der Waals surface area (Å²) in [7, 11) is 1.63. The molecule has 0 bridgehead atoms. The highest BCUT2D eigenvalue weighted by molar-refractivity contribution is 7.09. The number of hydrogen-bond acceptors (Lipinski definition) is 9. The number of carbonyl (C=O) groups is 2. The van der Waals surface area contributed by atoms with Gasteiger partial charge in [0.15, 0.2) is 0 Å². The number of carbonyl (C=O) groups excluding carboxylic acids is 2. The molecular formula is C29H28N4O5S2. The van der Waals surface area contributed by atoms with Gasteiger partial charge >= 0.3 is 6.09 Å². The second kappa shape index (κ2) is 13.2. The van der Waals surface area contributed by atoms with Gasteiger partial charge in [-0.1, -0.05) is 18.2 Å². The molecule has 9 nitrogen and oxygen atoms in total. The van der Waals surface area contributed by atoms with Crippen LogP contribution in [0, 0.1) is 0 Å². The first-order valence-electron chi connectivity index (χ1n) is 12.6. The number of furan rings is 1. The second-order valence-electron chi connectivity index (χ2n) is 9.08. The van der Waals surface area contributed by atoms with E-state index < -0.39 is 12.1 Å². The fourth-order valence-electron chi connectivity index (χ4n) is 4.24. The van der Waals surface area contributed by atoms with Gasteiger partial charge < -0.3 is 24.1 Å². The van der Waals surface area contributed by atoms with Crippen molar-refractivity contribution in [2.45, 2.75) is 32.0 Å². The maximum atomic E-state index is 13.9. The fourth-order valence-corrected chi connectivity index (χ4v) is 5.42. The number of aromatic nitrogens is 2. The highest BCUT2D eigenvalue weighted by atomic mass is 32.1. The average Bonchev–Trinajstić information content (AvgIpc) is 3.77. The molecule has 0 saturated carbocycles. The zero-order chi connectivity index (χ0) is 27.7. The number of rotatable bonds is 12. The third-order valence-electron chi connectivity index (χ3n) is 6.34. The summed E-state index contributed by atoms with van der Waals surface area (Å²) in [6.07, 6.45) is 3.59. The van der Waals surface area contributed by atoms with Crippen molar-refractivity contribution >= 4 is 45.6 Å². The van der Waals surface area contributed by atoms with Gasteiger partial charge in [-0.05, 0) is 47.9 Å². The average molecular weight is 577 g/mol. The van der Waals surface area contributed by atoms with Crippen molar-refractivity contribution in [3.05, 3.63) is 99.1 Å². The van der Waals surface area contributed by atoms with Crippen LogP contribution in [0.5, 0.6) is 5.75 Å². The molecule has 0 saturated heterocycles. The van der Waals surface area contributed by atoms with Crippen LogP contribution in [0.15, 0.2) is 81.8 Å². The summed E-state index contributed by atoms with van der Waals surface area (Å²) >= 11 is 2.92. The van der Waals surface area contributed by atoms with Gasteiger partial charge in [0.1, 0.15) is 24.0 Å². The van der Waals surface area contributed by atoms with E-state index in [1.54, 1.807) is 35.5 Å². The molecule has 2 amide bonds. The van der Waals surface area contributed by atoms with E-state index in [0.717, 1.165) is 38.4 Å². The number of methoxy groups -OCH3 is 1. The molecule has 40 heavy (non-hydrogen) atoms. The largest absolute Gasteiger partial charge is 0.497 e. The van der Waals surface area contributed by atoms with Gasteiger partial charge in [-0.15, -0.1) is 22.7 Å². The molecule has 3 aromatic heterocycles. The Labute approximate surface area is 239 Å². The molecule has 0 fully saturated rings. The summed E-state index contributed by atoms with van der Waals surface area (Å²) in [5, 5.41) is 5.59. The Kier molecular flexibility index (Phi) is 9.04. The third kappa shape index (κ3) is 7.25. The molecule has 0 radical (unpaired) electrons.